The van der Waals surface area contributed by atoms with Crippen molar-refractivity contribution < 1.29 is 71.8 Å². The van der Waals surface area contributed by atoms with Crippen LogP contribution in [0.15, 0.2) is 49.3 Å². The first-order valence-electron chi connectivity index (χ1n) is 20.6. The third kappa shape index (κ3) is 14.0. The maximum Gasteiger partial charge on any atom is 0.451 e. The van der Waals surface area contributed by atoms with Gasteiger partial charge in [-0.2, -0.15) is 26.3 Å². The summed E-state index contributed by atoms with van der Waals surface area (Å²) >= 11 is 0. The van der Waals surface area contributed by atoms with Crippen molar-refractivity contribution in [1.82, 2.24) is 40.1 Å². The van der Waals surface area contributed by atoms with Crippen LogP contribution in [0.5, 0.6) is 0 Å². The lowest BCUT2D eigenvalue weighted by molar-refractivity contribution is -0.145. The Bertz CT molecular complexity index is 2360. The van der Waals surface area contributed by atoms with Crippen LogP contribution >= 0.6 is 12.4 Å². The minimum atomic E-state index is -4.75. The first kappa shape index (κ1) is 55.1. The zero-order chi connectivity index (χ0) is 49.8. The number of rotatable bonds is 12. The van der Waals surface area contributed by atoms with Gasteiger partial charge in [-0.3, -0.25) is 24.5 Å². The molecule has 2 aliphatic heterocycles. The van der Waals surface area contributed by atoms with Gasteiger partial charge in [-0.05, 0) is 70.7 Å². The lowest BCUT2D eigenvalue weighted by atomic mass is 9.98. The number of alkyl halides is 12. The third-order valence-corrected chi connectivity index (χ3v) is 10.8. The van der Waals surface area contributed by atoms with E-state index in [-0.39, 0.29) is 95.9 Å². The number of hydrogen-bond donors (Lipinski definition) is 1. The Morgan fingerprint density at radius 2 is 1.10 bits per heavy atom. The molecule has 0 aromatic carbocycles. The Labute approximate surface area is 387 Å². The van der Waals surface area contributed by atoms with Gasteiger partial charge in [0.1, 0.15) is 23.7 Å². The van der Waals surface area contributed by atoms with Crippen LogP contribution < -0.4 is 5.32 Å². The molecule has 0 unspecified atom stereocenters. The molecule has 2 saturated heterocycles. The number of carbonyl (C=O) groups excluding carboxylic acids is 3. The number of halogens is 13. The molecule has 6 atom stereocenters. The summed E-state index contributed by atoms with van der Waals surface area (Å²) < 4.78 is 163. The summed E-state index contributed by atoms with van der Waals surface area (Å²) in [5.41, 5.74) is -1.25. The van der Waals surface area contributed by atoms with E-state index in [9.17, 15) is 67.1 Å². The van der Waals surface area contributed by atoms with Gasteiger partial charge in [-0.15, -0.1) is 12.4 Å². The van der Waals surface area contributed by atoms with Crippen LogP contribution in [0.4, 0.5) is 57.5 Å². The van der Waals surface area contributed by atoms with Crippen LogP contribution in [0, 0.1) is 0 Å². The molecule has 4 aromatic heterocycles. The molecule has 2 fully saturated rings. The quantitative estimate of drug-likeness (QED) is 0.135. The highest BCUT2D eigenvalue weighted by Gasteiger charge is 2.46. The molecule has 0 bridgehead atoms. The molecule has 1 amide bonds. The average molecular weight is 1000 g/mol. The van der Waals surface area contributed by atoms with Crippen molar-refractivity contribution in [3.8, 4) is 22.5 Å². The molecule has 68 heavy (non-hydrogen) atoms. The number of nitrogens with one attached hydrogen (secondary N) is 1. The Balaban J connectivity index is 0.000000298. The van der Waals surface area contributed by atoms with Crippen LogP contribution in [0.3, 0.4) is 0 Å². The van der Waals surface area contributed by atoms with E-state index in [1.807, 2.05) is 0 Å². The first-order valence-corrected chi connectivity index (χ1v) is 20.6. The highest BCUT2D eigenvalue weighted by atomic mass is 35.5. The van der Waals surface area contributed by atoms with Crippen LogP contribution in [0.25, 0.3) is 22.5 Å². The second-order valence-electron chi connectivity index (χ2n) is 16.8. The topological polar surface area (TPSA) is 153 Å². The van der Waals surface area contributed by atoms with E-state index in [1.54, 1.807) is 27.7 Å². The number of carbonyl (C=O) groups is 3. The third-order valence-electron chi connectivity index (χ3n) is 10.8. The molecule has 2 aliphatic rings. The lowest BCUT2D eigenvalue weighted by Crippen LogP contribution is -2.47. The highest BCUT2D eigenvalue weighted by Crippen LogP contribution is 2.34. The highest BCUT2D eigenvalue weighted by molar-refractivity contribution is 5.88. The van der Waals surface area contributed by atoms with Gasteiger partial charge in [0.25, 0.3) is 12.9 Å². The van der Waals surface area contributed by atoms with Gasteiger partial charge in [0.05, 0.1) is 29.5 Å². The number of ketones is 2. The monoisotopic (exact) mass is 1000 g/mol. The van der Waals surface area contributed by atoms with Crippen molar-refractivity contribution in [1.29, 1.82) is 0 Å². The molecule has 6 rings (SSSR count). The van der Waals surface area contributed by atoms with Crippen molar-refractivity contribution >= 4 is 30.1 Å². The maximum atomic E-state index is 14.5. The fourth-order valence-electron chi connectivity index (χ4n) is 7.25. The summed E-state index contributed by atoms with van der Waals surface area (Å²) in [6, 6.07) is -0.658. The van der Waals surface area contributed by atoms with Gasteiger partial charge in [0, 0.05) is 91.2 Å². The van der Waals surface area contributed by atoms with Gasteiger partial charge in [-0.25, -0.2) is 51.1 Å². The normalized spacial score (nSPS) is 20.8. The van der Waals surface area contributed by atoms with Crippen LogP contribution in [-0.2, 0) is 39.5 Å². The number of likely N-dealkylation sites (tertiary alicyclic amines) is 1. The fourth-order valence-corrected chi connectivity index (χ4v) is 7.25. The van der Waals surface area contributed by atoms with E-state index >= 15 is 0 Å². The zero-order valence-corrected chi connectivity index (χ0v) is 37.5. The Morgan fingerprint density at radius 3 is 1.47 bits per heavy atom. The molecule has 25 heteroatoms. The average Bonchev–Trinajstić information content (AvgIpc) is 3.76. The van der Waals surface area contributed by atoms with Crippen molar-refractivity contribution in [3.05, 3.63) is 83.2 Å². The number of amides is 1. The van der Waals surface area contributed by atoms with Crippen molar-refractivity contribution in [2.24, 2.45) is 0 Å². The predicted octanol–water partition coefficient (Wildman–Crippen LogP) is 10.2. The number of nitrogens with zero attached hydrogens (tertiary/aromatic N) is 7. The molecule has 0 spiro atoms. The summed E-state index contributed by atoms with van der Waals surface area (Å²) in [5.74, 6) is -3.52. The van der Waals surface area contributed by atoms with Crippen molar-refractivity contribution in [2.75, 3.05) is 0 Å². The van der Waals surface area contributed by atoms with E-state index in [0.29, 0.717) is 0 Å². The first-order chi connectivity index (χ1) is 31.1. The summed E-state index contributed by atoms with van der Waals surface area (Å²) in [5, 5.41) is 2.84. The second-order valence-corrected chi connectivity index (χ2v) is 16.8. The molecule has 372 valence electrons. The number of aryl methyl sites for hydroxylation is 2. The van der Waals surface area contributed by atoms with E-state index in [2.05, 4.69) is 35.2 Å². The van der Waals surface area contributed by atoms with E-state index < -0.39 is 96.4 Å². The van der Waals surface area contributed by atoms with E-state index in [0.717, 1.165) is 42.1 Å². The number of pyridine rings is 2. The molecule has 0 saturated carbocycles. The molecule has 12 nitrogen and oxygen atoms in total. The summed E-state index contributed by atoms with van der Waals surface area (Å²) in [6.07, 6.45) is -14.2. The fraction of sp³-hybridized carbons (Fsp3) is 0.512. The number of aromatic nitrogens is 6. The van der Waals surface area contributed by atoms with Gasteiger partial charge < -0.3 is 10.1 Å². The van der Waals surface area contributed by atoms with Crippen LogP contribution in [-0.4, -0.2) is 94.6 Å². The SMILES string of the molecule is C[C@@H]1N[C@H](C(=O)CCc2cc(-c3cnc(C(F)(F)F)nc3)ncc2C(F)F)C[C@H]1F.C[C@H]1[C@H](F)C[C@@H](C(=O)CCc2cc(-c3cnc(C(F)(F)F)nc3)ncc2C(F)F)N1C(=O)OC(C)(C)C.Cl. The van der Waals surface area contributed by atoms with Gasteiger partial charge >= 0.3 is 18.4 Å². The second kappa shape index (κ2) is 22.3. The zero-order valence-electron chi connectivity index (χ0n) is 36.7. The Hall–Kier alpha value is -5.52. The van der Waals surface area contributed by atoms with E-state index in [1.165, 1.54) is 19.1 Å². The minimum absolute atomic E-state index is 0. The van der Waals surface area contributed by atoms with Gasteiger partial charge in [0.2, 0.25) is 11.6 Å². The molecular weight excluding hydrogens is 956 g/mol. The smallest absolute Gasteiger partial charge is 0.444 e. The maximum absolute atomic E-state index is 14.5. The molecular formula is C43H45ClF12N8O4. The summed E-state index contributed by atoms with van der Waals surface area (Å²) in [7, 11) is 0. The Morgan fingerprint density at radius 1 is 0.676 bits per heavy atom. The van der Waals surface area contributed by atoms with Crippen LogP contribution in [0.2, 0.25) is 0 Å². The molecule has 0 aliphatic carbocycles. The molecule has 4 aromatic rings. The summed E-state index contributed by atoms with van der Waals surface area (Å²) in [6.45, 7) is 7.96. The van der Waals surface area contributed by atoms with Gasteiger partial charge in [-0.1, -0.05) is 0 Å². The standard InChI is InChI=1S/C24H26F6N4O3.C19H18F6N4O.ClH/c1-12-16(25)8-18(34(12)22(36)37-23(2,3)4)19(35)6-5-13-7-17(31-11-15(13)20(26)27)14-9-32-21(33-10-14)24(28,29)30;1-9-13(20)5-15(29-9)16(30)3-2-10-4-14(26-8-12(10)17(21)22)11-6-27-18(28-7-11)19(23,24)25;/h7,9-12,16,18,20H,5-6,8H2,1-4H3;4,6-9,13,15,17,29H,2-3,5H2,1H3;1H/t12-,16+,18-;9-,13+,15-;/m00./s1. The lowest BCUT2D eigenvalue weighted by Gasteiger charge is -2.30. The van der Waals surface area contributed by atoms with E-state index in [4.69, 9.17) is 4.74 Å². The van der Waals surface area contributed by atoms with Crippen LogP contribution in [0.1, 0.15) is 107 Å². The summed E-state index contributed by atoms with van der Waals surface area (Å²) in [4.78, 5) is 59.7. The number of Topliss-reactive ketones (excluding diaryl/α,β-unsaturated/α-hetero) is 2. The Kier molecular flexibility index (Phi) is 18.0. The number of ether oxygens (including phenoxy) is 1. The largest absolute Gasteiger partial charge is 0.451 e. The van der Waals surface area contributed by atoms with Crippen molar-refractivity contribution in [2.45, 2.75) is 140 Å². The van der Waals surface area contributed by atoms with Gasteiger partial charge in [0.15, 0.2) is 5.78 Å². The predicted molar refractivity (Wildman–Crippen MR) is 221 cm³/mol. The van der Waals surface area contributed by atoms with Crippen molar-refractivity contribution in [3.63, 3.8) is 0 Å². The molecule has 6 heterocycles. The molecule has 0 radical (unpaired) electrons. The molecule has 1 N–H and O–H groups in total. The number of hydrogen-bond acceptors (Lipinski definition) is 11. The minimum Gasteiger partial charge on any atom is -0.444 e.